The van der Waals surface area contributed by atoms with Gasteiger partial charge < -0.3 is 10.6 Å². The average molecular weight is 233 g/mol. The number of hydrogen-bond donors (Lipinski definition) is 1. The summed E-state index contributed by atoms with van der Waals surface area (Å²) in [6.07, 6.45) is 0. The van der Waals surface area contributed by atoms with Gasteiger partial charge in [-0.25, -0.2) is 0 Å². The van der Waals surface area contributed by atoms with Crippen molar-refractivity contribution in [1.82, 2.24) is 4.90 Å². The van der Waals surface area contributed by atoms with E-state index in [0.717, 1.165) is 11.3 Å². The quantitative estimate of drug-likeness (QED) is 0.727. The Morgan fingerprint density at radius 1 is 1.12 bits per heavy atom. The number of amides is 2. The van der Waals surface area contributed by atoms with Gasteiger partial charge in [-0.1, -0.05) is 12.1 Å². The van der Waals surface area contributed by atoms with Crippen molar-refractivity contribution in [2.45, 2.75) is 6.54 Å². The number of benzene rings is 1. The molecule has 0 spiro atoms. The van der Waals surface area contributed by atoms with E-state index in [1.807, 2.05) is 24.3 Å². The predicted octanol–water partition coefficient (Wildman–Crippen LogP) is -0.0497. The molecule has 5 heteroatoms. The molecule has 1 aliphatic rings. The fraction of sp³-hybridized carbons (Fsp3) is 0.333. The molecule has 1 saturated heterocycles. The Bertz CT molecular complexity index is 424. The second-order valence-corrected chi connectivity index (χ2v) is 4.07. The van der Waals surface area contributed by atoms with Gasteiger partial charge in [-0.05, 0) is 17.7 Å². The number of carbonyl (C=O) groups excluding carboxylic acids is 2. The Morgan fingerprint density at radius 3 is 2.12 bits per heavy atom. The highest BCUT2D eigenvalue weighted by Crippen LogP contribution is 2.17. The first-order valence-electron chi connectivity index (χ1n) is 5.45. The molecule has 0 atom stereocenters. The van der Waals surface area contributed by atoms with E-state index in [-0.39, 0.29) is 24.9 Å². The standard InChI is InChI=1S/C12H15N3O2/c1-14-11(16)7-15(8-12(14)17)10-4-2-9(6-13)3-5-10/h2-5H,6-8,13H2,1H3. The molecular formula is C12H15N3O2. The van der Waals surface area contributed by atoms with Crippen molar-refractivity contribution in [2.24, 2.45) is 5.73 Å². The van der Waals surface area contributed by atoms with Gasteiger partial charge in [-0.2, -0.15) is 0 Å². The number of anilines is 1. The molecule has 90 valence electrons. The highest BCUT2D eigenvalue weighted by molar-refractivity contribution is 6.02. The SMILES string of the molecule is CN1C(=O)CN(c2ccc(CN)cc2)CC1=O. The van der Waals surface area contributed by atoms with Crippen LogP contribution in [-0.4, -0.2) is 36.9 Å². The topological polar surface area (TPSA) is 66.6 Å². The van der Waals surface area contributed by atoms with E-state index >= 15 is 0 Å². The lowest BCUT2D eigenvalue weighted by molar-refractivity contribution is -0.143. The number of likely N-dealkylation sites (N-methyl/N-ethyl adjacent to an activating group) is 1. The van der Waals surface area contributed by atoms with Crippen molar-refractivity contribution in [3.05, 3.63) is 29.8 Å². The van der Waals surface area contributed by atoms with Gasteiger partial charge in [0.2, 0.25) is 11.8 Å². The third-order valence-electron chi connectivity index (χ3n) is 2.94. The number of carbonyl (C=O) groups is 2. The van der Waals surface area contributed by atoms with Gasteiger partial charge in [0.15, 0.2) is 0 Å². The predicted molar refractivity (Wildman–Crippen MR) is 64.3 cm³/mol. The lowest BCUT2D eigenvalue weighted by Gasteiger charge is -2.32. The van der Waals surface area contributed by atoms with E-state index in [4.69, 9.17) is 5.73 Å². The minimum atomic E-state index is -0.177. The molecule has 1 fully saturated rings. The Hall–Kier alpha value is -1.88. The number of rotatable bonds is 2. The minimum Gasteiger partial charge on any atom is -0.353 e. The van der Waals surface area contributed by atoms with Crippen molar-refractivity contribution >= 4 is 17.5 Å². The van der Waals surface area contributed by atoms with Crippen LogP contribution in [0.2, 0.25) is 0 Å². The Kier molecular flexibility index (Phi) is 3.10. The van der Waals surface area contributed by atoms with Crippen molar-refractivity contribution < 1.29 is 9.59 Å². The Labute approximate surface area is 99.8 Å². The largest absolute Gasteiger partial charge is 0.353 e. The van der Waals surface area contributed by atoms with Crippen LogP contribution in [0.25, 0.3) is 0 Å². The lowest BCUT2D eigenvalue weighted by atomic mass is 10.2. The van der Waals surface area contributed by atoms with E-state index in [1.165, 1.54) is 11.9 Å². The summed E-state index contributed by atoms with van der Waals surface area (Å²) >= 11 is 0. The minimum absolute atomic E-state index is 0.177. The second kappa shape index (κ2) is 4.55. The maximum atomic E-state index is 11.6. The van der Waals surface area contributed by atoms with Gasteiger partial charge in [-0.15, -0.1) is 0 Å². The molecule has 1 aliphatic heterocycles. The number of hydrogen-bond acceptors (Lipinski definition) is 4. The molecular weight excluding hydrogens is 218 g/mol. The van der Waals surface area contributed by atoms with Crippen LogP contribution in [0.1, 0.15) is 5.56 Å². The first-order valence-corrected chi connectivity index (χ1v) is 5.45. The zero-order valence-corrected chi connectivity index (χ0v) is 9.72. The third kappa shape index (κ3) is 2.29. The molecule has 1 aromatic rings. The monoisotopic (exact) mass is 233 g/mol. The van der Waals surface area contributed by atoms with Crippen LogP contribution >= 0.6 is 0 Å². The molecule has 5 nitrogen and oxygen atoms in total. The molecule has 2 rings (SSSR count). The summed E-state index contributed by atoms with van der Waals surface area (Å²) in [5.41, 5.74) is 7.41. The maximum absolute atomic E-state index is 11.6. The van der Waals surface area contributed by atoms with E-state index in [2.05, 4.69) is 0 Å². The van der Waals surface area contributed by atoms with Crippen LogP contribution in [0, 0.1) is 0 Å². The summed E-state index contributed by atoms with van der Waals surface area (Å²) in [5.74, 6) is -0.353. The lowest BCUT2D eigenvalue weighted by Crippen LogP contribution is -2.52. The molecule has 0 aliphatic carbocycles. The molecule has 0 saturated carbocycles. The first-order chi connectivity index (χ1) is 8.11. The maximum Gasteiger partial charge on any atom is 0.248 e. The number of nitrogens with two attached hydrogens (primary N) is 1. The van der Waals surface area contributed by atoms with Crippen LogP contribution in [0.15, 0.2) is 24.3 Å². The van der Waals surface area contributed by atoms with Crippen molar-refractivity contribution in [3.8, 4) is 0 Å². The summed E-state index contributed by atoms with van der Waals surface area (Å²) in [5, 5.41) is 0. The van der Waals surface area contributed by atoms with E-state index in [9.17, 15) is 9.59 Å². The van der Waals surface area contributed by atoms with Crippen LogP contribution in [0.5, 0.6) is 0 Å². The van der Waals surface area contributed by atoms with Crippen LogP contribution in [0.4, 0.5) is 5.69 Å². The van der Waals surface area contributed by atoms with Gasteiger partial charge in [-0.3, -0.25) is 14.5 Å². The second-order valence-electron chi connectivity index (χ2n) is 4.07. The van der Waals surface area contributed by atoms with E-state index < -0.39 is 0 Å². The van der Waals surface area contributed by atoms with Gasteiger partial charge in [0.25, 0.3) is 0 Å². The van der Waals surface area contributed by atoms with Crippen molar-refractivity contribution in [2.75, 3.05) is 25.0 Å². The number of imide groups is 1. The molecule has 0 radical (unpaired) electrons. The first kappa shape index (κ1) is 11.6. The normalized spacial score (nSPS) is 16.6. The molecule has 1 heterocycles. The van der Waals surface area contributed by atoms with Gasteiger partial charge >= 0.3 is 0 Å². The Morgan fingerprint density at radius 2 is 1.65 bits per heavy atom. The highest BCUT2D eigenvalue weighted by atomic mass is 16.2. The zero-order chi connectivity index (χ0) is 12.4. The van der Waals surface area contributed by atoms with E-state index in [1.54, 1.807) is 4.90 Å². The van der Waals surface area contributed by atoms with Crippen molar-refractivity contribution in [1.29, 1.82) is 0 Å². The number of piperazine rings is 1. The van der Waals surface area contributed by atoms with Gasteiger partial charge in [0, 0.05) is 19.3 Å². The van der Waals surface area contributed by atoms with Crippen molar-refractivity contribution in [3.63, 3.8) is 0 Å². The smallest absolute Gasteiger partial charge is 0.248 e. The molecule has 2 N–H and O–H groups in total. The van der Waals surface area contributed by atoms with Gasteiger partial charge in [0.1, 0.15) is 0 Å². The molecule has 0 bridgehead atoms. The number of nitrogens with zero attached hydrogens (tertiary/aromatic N) is 2. The zero-order valence-electron chi connectivity index (χ0n) is 9.72. The van der Waals surface area contributed by atoms with Crippen LogP contribution in [-0.2, 0) is 16.1 Å². The molecule has 0 aromatic heterocycles. The average Bonchev–Trinajstić information content (AvgIpc) is 2.35. The van der Waals surface area contributed by atoms with Gasteiger partial charge in [0.05, 0.1) is 13.1 Å². The summed E-state index contributed by atoms with van der Waals surface area (Å²) < 4.78 is 0. The molecule has 1 aromatic carbocycles. The summed E-state index contributed by atoms with van der Waals surface area (Å²) in [4.78, 5) is 26.0. The van der Waals surface area contributed by atoms with E-state index in [0.29, 0.717) is 6.54 Å². The summed E-state index contributed by atoms with van der Waals surface area (Å²) in [6.45, 7) is 0.968. The Balaban J connectivity index is 2.17. The highest BCUT2D eigenvalue weighted by Gasteiger charge is 2.27. The third-order valence-corrected chi connectivity index (χ3v) is 2.94. The van der Waals surface area contributed by atoms with Crippen LogP contribution in [0.3, 0.4) is 0 Å². The molecule has 0 unspecified atom stereocenters. The summed E-state index contributed by atoms with van der Waals surface area (Å²) in [7, 11) is 1.51. The fourth-order valence-corrected chi connectivity index (χ4v) is 1.76. The molecule has 17 heavy (non-hydrogen) atoms. The summed E-state index contributed by atoms with van der Waals surface area (Å²) in [6, 6.07) is 7.58. The fourth-order valence-electron chi connectivity index (χ4n) is 1.76. The van der Waals surface area contributed by atoms with Crippen LogP contribution < -0.4 is 10.6 Å². The molecule has 2 amide bonds.